The fourth-order valence-corrected chi connectivity index (χ4v) is 4.44. The number of hydrogen-bond donors (Lipinski definition) is 0. The van der Waals surface area contributed by atoms with E-state index < -0.39 is 0 Å². The lowest BCUT2D eigenvalue weighted by Crippen LogP contribution is -2.23. The predicted octanol–water partition coefficient (Wildman–Crippen LogP) is 3.58. The van der Waals surface area contributed by atoms with Gasteiger partial charge in [-0.3, -0.25) is 4.79 Å². The number of benzene rings is 2. The van der Waals surface area contributed by atoms with E-state index in [0.29, 0.717) is 62.8 Å². The van der Waals surface area contributed by atoms with Gasteiger partial charge in [0.1, 0.15) is 0 Å². The summed E-state index contributed by atoms with van der Waals surface area (Å²) >= 11 is 1.26. The average Bonchev–Trinajstić information content (AvgIpc) is 3.41. The van der Waals surface area contributed by atoms with Crippen molar-refractivity contribution in [3.63, 3.8) is 0 Å². The largest absolute Gasteiger partial charge is 0.493 e. The summed E-state index contributed by atoms with van der Waals surface area (Å²) in [5.41, 5.74) is 1.22. The van der Waals surface area contributed by atoms with E-state index in [2.05, 4.69) is 10.1 Å². The molecule has 2 heterocycles. The third-order valence-electron chi connectivity index (χ3n) is 5.13. The second-order valence-electron chi connectivity index (χ2n) is 7.45. The lowest BCUT2D eigenvalue weighted by Gasteiger charge is -2.12. The molecule has 0 radical (unpaired) electrons. The van der Waals surface area contributed by atoms with Crippen molar-refractivity contribution < 1.29 is 23.7 Å². The molecule has 2 aromatic carbocycles. The standard InChI is InChI=1S/C25H27N3O6S/c1-6-10-34-17-9-8-15(11-18(17)33-7-2)12-21-24(29)28-25(35-21)26-23(27-28)16-13-19(30-3)22(32-5)20(14-16)31-4/h8-9,11-14H,6-7,10H2,1-5H3/b21-12-. The number of fused-ring (bicyclic) bond motifs is 1. The van der Waals surface area contributed by atoms with Crippen LogP contribution in [0.1, 0.15) is 25.8 Å². The van der Waals surface area contributed by atoms with Crippen molar-refractivity contribution in [2.45, 2.75) is 20.3 Å². The van der Waals surface area contributed by atoms with Gasteiger partial charge in [-0.2, -0.15) is 9.50 Å². The van der Waals surface area contributed by atoms with E-state index >= 15 is 0 Å². The summed E-state index contributed by atoms with van der Waals surface area (Å²) in [5.74, 6) is 3.15. The van der Waals surface area contributed by atoms with Gasteiger partial charge in [0.15, 0.2) is 28.8 Å². The van der Waals surface area contributed by atoms with Gasteiger partial charge < -0.3 is 23.7 Å². The first-order valence-corrected chi connectivity index (χ1v) is 12.0. The molecule has 0 bridgehead atoms. The molecule has 0 spiro atoms. The van der Waals surface area contributed by atoms with Crippen LogP contribution < -0.4 is 33.8 Å². The second kappa shape index (κ2) is 10.6. The van der Waals surface area contributed by atoms with Crippen LogP contribution in [0.3, 0.4) is 0 Å². The van der Waals surface area contributed by atoms with Crippen LogP contribution in [0.4, 0.5) is 0 Å². The first kappa shape index (κ1) is 24.3. The minimum atomic E-state index is -0.250. The Balaban J connectivity index is 1.72. The van der Waals surface area contributed by atoms with E-state index in [0.717, 1.165) is 12.0 Å². The van der Waals surface area contributed by atoms with Crippen molar-refractivity contribution in [2.75, 3.05) is 34.5 Å². The zero-order valence-electron chi connectivity index (χ0n) is 20.3. The summed E-state index contributed by atoms with van der Waals surface area (Å²) in [7, 11) is 4.62. The highest BCUT2D eigenvalue weighted by atomic mass is 32.1. The van der Waals surface area contributed by atoms with Crippen molar-refractivity contribution in [2.24, 2.45) is 0 Å². The molecule has 0 aliphatic carbocycles. The van der Waals surface area contributed by atoms with Crippen LogP contribution in [0, 0.1) is 0 Å². The molecule has 0 saturated heterocycles. The summed E-state index contributed by atoms with van der Waals surface area (Å²) in [6.45, 7) is 5.09. The fourth-order valence-electron chi connectivity index (χ4n) is 3.53. The van der Waals surface area contributed by atoms with Crippen LogP contribution in [-0.4, -0.2) is 49.1 Å². The van der Waals surface area contributed by atoms with Crippen molar-refractivity contribution in [3.05, 3.63) is 50.8 Å². The molecule has 0 N–H and O–H groups in total. The highest BCUT2D eigenvalue weighted by Gasteiger charge is 2.18. The third-order valence-corrected chi connectivity index (χ3v) is 6.09. The van der Waals surface area contributed by atoms with Gasteiger partial charge in [-0.15, -0.1) is 5.10 Å². The quantitative estimate of drug-likeness (QED) is 0.328. The van der Waals surface area contributed by atoms with Crippen LogP contribution in [0.2, 0.25) is 0 Å². The van der Waals surface area contributed by atoms with E-state index in [1.165, 1.54) is 37.2 Å². The molecule has 0 aliphatic heterocycles. The maximum atomic E-state index is 13.1. The van der Waals surface area contributed by atoms with Gasteiger partial charge in [-0.25, -0.2) is 0 Å². The van der Waals surface area contributed by atoms with Gasteiger partial charge in [-0.05, 0) is 49.2 Å². The molecule has 0 atom stereocenters. The highest BCUT2D eigenvalue weighted by molar-refractivity contribution is 7.15. The smallest absolute Gasteiger partial charge is 0.291 e. The maximum Gasteiger partial charge on any atom is 0.291 e. The Morgan fingerprint density at radius 1 is 0.943 bits per heavy atom. The molecule has 4 aromatic rings. The second-order valence-corrected chi connectivity index (χ2v) is 8.46. The molecule has 4 rings (SSSR count). The molecular weight excluding hydrogens is 470 g/mol. The van der Waals surface area contributed by atoms with E-state index in [9.17, 15) is 4.79 Å². The van der Waals surface area contributed by atoms with Crippen molar-refractivity contribution in [1.29, 1.82) is 0 Å². The lowest BCUT2D eigenvalue weighted by molar-refractivity contribution is 0.277. The Hall–Kier alpha value is -3.79. The zero-order valence-corrected chi connectivity index (χ0v) is 21.1. The molecule has 0 unspecified atom stereocenters. The Bertz CT molecular complexity index is 1420. The van der Waals surface area contributed by atoms with Crippen molar-refractivity contribution >= 4 is 22.4 Å². The number of methoxy groups -OCH3 is 3. The molecular formula is C25H27N3O6S. The Morgan fingerprint density at radius 3 is 2.29 bits per heavy atom. The molecule has 10 heteroatoms. The number of aromatic nitrogens is 3. The predicted molar refractivity (Wildman–Crippen MR) is 134 cm³/mol. The molecule has 0 aliphatic rings. The summed E-state index contributed by atoms with van der Waals surface area (Å²) in [4.78, 5) is 18.1. The summed E-state index contributed by atoms with van der Waals surface area (Å²) < 4.78 is 29.5. The zero-order chi connectivity index (χ0) is 24.9. The van der Waals surface area contributed by atoms with Gasteiger partial charge in [0, 0.05) is 5.56 Å². The van der Waals surface area contributed by atoms with Crippen LogP contribution in [0.15, 0.2) is 35.1 Å². The summed E-state index contributed by atoms with van der Waals surface area (Å²) in [6, 6.07) is 9.11. The first-order chi connectivity index (χ1) is 17.0. The minimum Gasteiger partial charge on any atom is -0.493 e. The van der Waals surface area contributed by atoms with Gasteiger partial charge >= 0.3 is 0 Å². The van der Waals surface area contributed by atoms with Crippen LogP contribution >= 0.6 is 11.3 Å². The maximum absolute atomic E-state index is 13.1. The van der Waals surface area contributed by atoms with Crippen LogP contribution in [0.5, 0.6) is 28.7 Å². The van der Waals surface area contributed by atoms with Crippen LogP contribution in [-0.2, 0) is 0 Å². The van der Waals surface area contributed by atoms with E-state index in [-0.39, 0.29) is 5.56 Å². The Labute approximate surface area is 206 Å². The summed E-state index contributed by atoms with van der Waals surface area (Å²) in [5, 5.41) is 4.43. The molecule has 35 heavy (non-hydrogen) atoms. The van der Waals surface area contributed by atoms with Gasteiger partial charge in [0.2, 0.25) is 10.7 Å². The number of thiazole rings is 1. The summed E-state index contributed by atoms with van der Waals surface area (Å²) in [6.07, 6.45) is 2.70. The number of rotatable bonds is 10. The number of ether oxygens (including phenoxy) is 5. The van der Waals surface area contributed by atoms with E-state index in [1.807, 2.05) is 32.0 Å². The van der Waals surface area contributed by atoms with Gasteiger partial charge in [0.05, 0.1) is 39.1 Å². The molecule has 0 fully saturated rings. The Kier molecular flexibility index (Phi) is 7.40. The van der Waals surface area contributed by atoms with Crippen molar-refractivity contribution in [1.82, 2.24) is 14.6 Å². The molecule has 184 valence electrons. The van der Waals surface area contributed by atoms with E-state index in [1.54, 1.807) is 18.2 Å². The number of nitrogens with zero attached hydrogens (tertiary/aromatic N) is 3. The van der Waals surface area contributed by atoms with E-state index in [4.69, 9.17) is 23.7 Å². The lowest BCUT2D eigenvalue weighted by atomic mass is 10.1. The molecule has 0 saturated carbocycles. The SMILES string of the molecule is CCCOc1ccc(/C=c2\sc3nc(-c4cc(OC)c(OC)c(OC)c4)nn3c2=O)cc1OCC. The van der Waals surface area contributed by atoms with Crippen LogP contribution in [0.25, 0.3) is 22.4 Å². The monoisotopic (exact) mass is 497 g/mol. The highest BCUT2D eigenvalue weighted by Crippen LogP contribution is 2.40. The minimum absolute atomic E-state index is 0.250. The fraction of sp³-hybridized carbons (Fsp3) is 0.320. The normalized spacial score (nSPS) is 11.6. The van der Waals surface area contributed by atoms with Gasteiger partial charge in [-0.1, -0.05) is 24.3 Å². The first-order valence-electron chi connectivity index (χ1n) is 11.1. The molecule has 9 nitrogen and oxygen atoms in total. The van der Waals surface area contributed by atoms with Gasteiger partial charge in [0.25, 0.3) is 5.56 Å². The average molecular weight is 498 g/mol. The number of hydrogen-bond acceptors (Lipinski definition) is 9. The Morgan fingerprint density at radius 2 is 1.69 bits per heavy atom. The topological polar surface area (TPSA) is 93.4 Å². The molecule has 0 amide bonds. The van der Waals surface area contributed by atoms with Crippen molar-refractivity contribution in [3.8, 4) is 40.1 Å². The molecule has 2 aromatic heterocycles. The third kappa shape index (κ3) is 4.88.